The first kappa shape index (κ1) is 16.3. The van der Waals surface area contributed by atoms with Crippen LogP contribution < -0.4 is 0 Å². The van der Waals surface area contributed by atoms with Gasteiger partial charge in [-0.05, 0) is 57.6 Å². The van der Waals surface area contributed by atoms with Crippen molar-refractivity contribution >= 4 is 5.97 Å². The van der Waals surface area contributed by atoms with Gasteiger partial charge in [-0.2, -0.15) is 0 Å². The molecule has 1 heterocycles. The summed E-state index contributed by atoms with van der Waals surface area (Å²) in [5, 5.41) is 0. The summed E-state index contributed by atoms with van der Waals surface area (Å²) < 4.78 is 11.8. The third-order valence-electron chi connectivity index (χ3n) is 5.59. The lowest BCUT2D eigenvalue weighted by Crippen LogP contribution is -2.45. The molecule has 0 unspecified atom stereocenters. The SMILES string of the molecule is C=C(C)[C@@H]1C[C@@]2(COC(=O)c3ccccc3)COC(C)(C)[C@H]1C2. The second kappa shape index (κ2) is 5.79. The fourth-order valence-electron chi connectivity index (χ4n) is 4.15. The van der Waals surface area contributed by atoms with Crippen LogP contribution >= 0.6 is 0 Å². The Morgan fingerprint density at radius 1 is 1.30 bits per heavy atom. The molecule has 0 spiro atoms. The second-order valence-corrected chi connectivity index (χ2v) is 7.80. The van der Waals surface area contributed by atoms with Crippen molar-refractivity contribution in [2.75, 3.05) is 13.2 Å². The number of fused-ring (bicyclic) bond motifs is 2. The minimum atomic E-state index is -0.250. The summed E-state index contributed by atoms with van der Waals surface area (Å²) in [6.07, 6.45) is 2.04. The molecule has 3 heteroatoms. The van der Waals surface area contributed by atoms with Gasteiger partial charge in [0.1, 0.15) is 0 Å². The van der Waals surface area contributed by atoms with Gasteiger partial charge in [-0.15, -0.1) is 0 Å². The van der Waals surface area contributed by atoms with Crippen molar-refractivity contribution in [3.63, 3.8) is 0 Å². The average Bonchev–Trinajstić information content (AvgIpc) is 2.89. The standard InChI is InChI=1S/C20H26O3/c1-14(2)16-10-20(11-17(16)19(3,4)23-13-20)12-22-18(21)15-8-6-5-7-9-15/h5-9,16-17H,1,10-13H2,2-4H3/t16-,17-,20+/m0/s1. The van der Waals surface area contributed by atoms with Crippen LogP contribution in [0.3, 0.4) is 0 Å². The van der Waals surface area contributed by atoms with Crippen LogP contribution in [-0.4, -0.2) is 24.8 Å². The number of allylic oxidation sites excluding steroid dienone is 1. The van der Waals surface area contributed by atoms with Gasteiger partial charge >= 0.3 is 5.97 Å². The molecule has 1 saturated heterocycles. The second-order valence-electron chi connectivity index (χ2n) is 7.80. The zero-order chi connectivity index (χ0) is 16.7. The molecule has 1 aromatic rings. The average molecular weight is 314 g/mol. The summed E-state index contributed by atoms with van der Waals surface area (Å²) >= 11 is 0. The minimum absolute atomic E-state index is 0.0613. The van der Waals surface area contributed by atoms with Crippen LogP contribution in [0.2, 0.25) is 0 Å². The molecule has 0 N–H and O–H groups in total. The number of rotatable bonds is 4. The number of hydrogen-bond acceptors (Lipinski definition) is 3. The fourth-order valence-corrected chi connectivity index (χ4v) is 4.15. The Balaban J connectivity index is 1.71. The number of ether oxygens (including phenoxy) is 2. The van der Waals surface area contributed by atoms with E-state index in [0.29, 0.717) is 30.6 Å². The summed E-state index contributed by atoms with van der Waals surface area (Å²) in [7, 11) is 0. The highest BCUT2D eigenvalue weighted by Crippen LogP contribution is 2.56. The maximum atomic E-state index is 12.2. The van der Waals surface area contributed by atoms with Crippen LogP contribution in [-0.2, 0) is 9.47 Å². The summed E-state index contributed by atoms with van der Waals surface area (Å²) in [6.45, 7) is 11.7. The van der Waals surface area contributed by atoms with Crippen molar-refractivity contribution in [3.8, 4) is 0 Å². The van der Waals surface area contributed by atoms with Gasteiger partial charge < -0.3 is 9.47 Å². The molecule has 3 atom stereocenters. The first-order valence-electron chi connectivity index (χ1n) is 8.35. The quantitative estimate of drug-likeness (QED) is 0.616. The van der Waals surface area contributed by atoms with Crippen molar-refractivity contribution in [3.05, 3.63) is 48.0 Å². The van der Waals surface area contributed by atoms with Crippen LogP contribution in [0, 0.1) is 17.3 Å². The monoisotopic (exact) mass is 314 g/mol. The Labute approximate surface area is 138 Å². The Hall–Kier alpha value is -1.61. The highest BCUT2D eigenvalue weighted by molar-refractivity contribution is 5.89. The van der Waals surface area contributed by atoms with Gasteiger partial charge in [0.25, 0.3) is 0 Å². The smallest absolute Gasteiger partial charge is 0.338 e. The Bertz CT molecular complexity index is 605. The fraction of sp³-hybridized carbons (Fsp3) is 0.550. The molecule has 1 aliphatic carbocycles. The largest absolute Gasteiger partial charge is 0.461 e. The van der Waals surface area contributed by atoms with E-state index < -0.39 is 0 Å². The van der Waals surface area contributed by atoms with Crippen LogP contribution in [0.4, 0.5) is 0 Å². The van der Waals surface area contributed by atoms with Gasteiger partial charge in [-0.25, -0.2) is 4.79 Å². The summed E-state index contributed by atoms with van der Waals surface area (Å²) in [4.78, 5) is 12.2. The summed E-state index contributed by atoms with van der Waals surface area (Å²) in [5.41, 5.74) is 1.62. The van der Waals surface area contributed by atoms with Crippen molar-refractivity contribution < 1.29 is 14.3 Å². The molecule has 0 aromatic heterocycles. The van der Waals surface area contributed by atoms with Gasteiger partial charge in [-0.3, -0.25) is 0 Å². The molecular weight excluding hydrogens is 288 g/mol. The van der Waals surface area contributed by atoms with Gasteiger partial charge in [0.05, 0.1) is 24.4 Å². The predicted molar refractivity (Wildman–Crippen MR) is 90.2 cm³/mol. The third kappa shape index (κ3) is 3.07. The first-order valence-corrected chi connectivity index (χ1v) is 8.35. The highest BCUT2D eigenvalue weighted by Gasteiger charge is 2.56. The molecule has 23 heavy (non-hydrogen) atoms. The Morgan fingerprint density at radius 2 is 2.00 bits per heavy atom. The summed E-state index contributed by atoms with van der Waals surface area (Å²) in [6, 6.07) is 9.17. The highest BCUT2D eigenvalue weighted by atomic mass is 16.5. The molecule has 0 amide bonds. The molecule has 1 aliphatic heterocycles. The molecule has 1 aromatic carbocycles. The van der Waals surface area contributed by atoms with E-state index >= 15 is 0 Å². The van der Waals surface area contributed by atoms with Gasteiger partial charge in [0.15, 0.2) is 0 Å². The molecule has 0 radical (unpaired) electrons. The van der Waals surface area contributed by atoms with E-state index in [1.807, 2.05) is 18.2 Å². The normalized spacial score (nSPS) is 31.6. The predicted octanol–water partition coefficient (Wildman–Crippen LogP) is 4.24. The zero-order valence-electron chi connectivity index (χ0n) is 14.3. The Morgan fingerprint density at radius 3 is 2.65 bits per heavy atom. The van der Waals surface area contributed by atoms with Gasteiger partial charge in [0.2, 0.25) is 0 Å². The topological polar surface area (TPSA) is 35.5 Å². The number of carbonyl (C=O) groups is 1. The van der Waals surface area contributed by atoms with Gasteiger partial charge in [-0.1, -0.05) is 30.4 Å². The molecule has 3 nitrogen and oxygen atoms in total. The summed E-state index contributed by atoms with van der Waals surface area (Å²) in [5.74, 6) is 0.646. The van der Waals surface area contributed by atoms with Crippen molar-refractivity contribution in [1.29, 1.82) is 0 Å². The van der Waals surface area contributed by atoms with Crippen molar-refractivity contribution in [2.24, 2.45) is 17.3 Å². The first-order chi connectivity index (χ1) is 10.8. The lowest BCUT2D eigenvalue weighted by Gasteiger charge is -2.42. The lowest BCUT2D eigenvalue weighted by molar-refractivity contribution is -0.136. The van der Waals surface area contributed by atoms with Crippen LogP contribution in [0.15, 0.2) is 42.5 Å². The number of carbonyl (C=O) groups excluding carboxylic acids is 1. The van der Waals surface area contributed by atoms with E-state index in [4.69, 9.17) is 9.47 Å². The number of hydrogen-bond donors (Lipinski definition) is 0. The third-order valence-corrected chi connectivity index (χ3v) is 5.59. The lowest BCUT2D eigenvalue weighted by atomic mass is 9.77. The van der Waals surface area contributed by atoms with Crippen molar-refractivity contribution in [2.45, 2.75) is 39.2 Å². The molecule has 2 aliphatic rings. The van der Waals surface area contributed by atoms with Crippen molar-refractivity contribution in [1.82, 2.24) is 0 Å². The molecule has 124 valence electrons. The Kier molecular flexibility index (Phi) is 4.09. The van der Waals surface area contributed by atoms with Crippen LogP contribution in [0.1, 0.15) is 44.0 Å². The zero-order valence-corrected chi connectivity index (χ0v) is 14.3. The van der Waals surface area contributed by atoms with E-state index in [0.717, 1.165) is 12.8 Å². The van der Waals surface area contributed by atoms with Crippen LogP contribution in [0.25, 0.3) is 0 Å². The number of esters is 1. The van der Waals surface area contributed by atoms with E-state index in [-0.39, 0.29) is 17.0 Å². The van der Waals surface area contributed by atoms with E-state index in [2.05, 4.69) is 27.4 Å². The van der Waals surface area contributed by atoms with E-state index in [1.54, 1.807) is 12.1 Å². The molecule has 3 rings (SSSR count). The molecule has 2 fully saturated rings. The van der Waals surface area contributed by atoms with E-state index in [1.165, 1.54) is 5.57 Å². The molecular formula is C20H26O3. The van der Waals surface area contributed by atoms with E-state index in [9.17, 15) is 4.79 Å². The number of benzene rings is 1. The molecule has 2 bridgehead atoms. The maximum Gasteiger partial charge on any atom is 0.338 e. The van der Waals surface area contributed by atoms with Gasteiger partial charge in [0, 0.05) is 5.41 Å². The molecule has 1 saturated carbocycles. The maximum absolute atomic E-state index is 12.2. The van der Waals surface area contributed by atoms with Crippen LogP contribution in [0.5, 0.6) is 0 Å². The minimum Gasteiger partial charge on any atom is -0.461 e.